The van der Waals surface area contributed by atoms with Crippen molar-refractivity contribution in [2.24, 2.45) is 17.1 Å². The highest BCUT2D eigenvalue weighted by atomic mass is 16.5. The van der Waals surface area contributed by atoms with Crippen LogP contribution in [0, 0.1) is 11.3 Å². The molecular weight excluding hydrogens is 304 g/mol. The molecule has 5 nitrogen and oxygen atoms in total. The van der Waals surface area contributed by atoms with Gasteiger partial charge in [-0.25, -0.2) is 0 Å². The second-order valence-electron chi connectivity index (χ2n) is 6.54. The average molecular weight is 334 g/mol. The molecule has 0 unspecified atom stereocenters. The van der Waals surface area contributed by atoms with Gasteiger partial charge in [-0.3, -0.25) is 4.79 Å². The molecule has 3 N–H and O–H groups in total. The van der Waals surface area contributed by atoms with Crippen LogP contribution in [0.4, 0.5) is 5.69 Å². The van der Waals surface area contributed by atoms with Gasteiger partial charge in [0.15, 0.2) is 0 Å². The zero-order valence-corrected chi connectivity index (χ0v) is 14.8. The summed E-state index contributed by atoms with van der Waals surface area (Å²) >= 11 is 0. The SMILES string of the molecule is CCC(CC)(CN)C(=O)Nc1ccc(OCC2CCOCC2)cc1. The highest BCUT2D eigenvalue weighted by Gasteiger charge is 2.33. The fourth-order valence-corrected chi connectivity index (χ4v) is 2.98. The molecular formula is C19H30N2O3. The highest BCUT2D eigenvalue weighted by Crippen LogP contribution is 2.27. The summed E-state index contributed by atoms with van der Waals surface area (Å²) in [5, 5.41) is 2.98. The van der Waals surface area contributed by atoms with Crippen LogP contribution in [0.2, 0.25) is 0 Å². The normalized spacial score (nSPS) is 16.0. The van der Waals surface area contributed by atoms with Crippen LogP contribution in [0.1, 0.15) is 39.5 Å². The number of amides is 1. The van der Waals surface area contributed by atoms with Crippen molar-refractivity contribution >= 4 is 11.6 Å². The number of hydrogen-bond acceptors (Lipinski definition) is 4. The van der Waals surface area contributed by atoms with Gasteiger partial charge in [-0.2, -0.15) is 0 Å². The van der Waals surface area contributed by atoms with Crippen LogP contribution < -0.4 is 15.8 Å². The van der Waals surface area contributed by atoms with E-state index in [9.17, 15) is 4.79 Å². The Morgan fingerprint density at radius 1 is 1.25 bits per heavy atom. The molecule has 1 aliphatic rings. The van der Waals surface area contributed by atoms with Gasteiger partial charge in [0, 0.05) is 25.4 Å². The lowest BCUT2D eigenvalue weighted by molar-refractivity contribution is -0.125. The molecule has 0 spiro atoms. The molecule has 1 heterocycles. The number of carbonyl (C=O) groups is 1. The van der Waals surface area contributed by atoms with Gasteiger partial charge in [-0.15, -0.1) is 0 Å². The Bertz CT molecular complexity index is 498. The van der Waals surface area contributed by atoms with Gasteiger partial charge in [0.25, 0.3) is 0 Å². The maximum absolute atomic E-state index is 12.5. The molecule has 0 aromatic heterocycles. The Morgan fingerprint density at radius 2 is 1.88 bits per heavy atom. The molecule has 1 aromatic carbocycles. The van der Waals surface area contributed by atoms with E-state index in [0.29, 0.717) is 12.5 Å². The second kappa shape index (κ2) is 9.04. The van der Waals surface area contributed by atoms with Crippen LogP contribution in [0.3, 0.4) is 0 Å². The molecule has 1 aromatic rings. The third-order valence-corrected chi connectivity index (χ3v) is 5.16. The molecule has 1 aliphatic heterocycles. The van der Waals surface area contributed by atoms with E-state index in [1.165, 1.54) is 0 Å². The molecule has 0 atom stereocenters. The Kier molecular flexibility index (Phi) is 7.06. The Balaban J connectivity index is 1.88. The number of nitrogens with one attached hydrogen (secondary N) is 1. The topological polar surface area (TPSA) is 73.6 Å². The molecule has 24 heavy (non-hydrogen) atoms. The van der Waals surface area contributed by atoms with Crippen molar-refractivity contribution in [3.8, 4) is 5.75 Å². The molecule has 0 bridgehead atoms. The van der Waals surface area contributed by atoms with Gasteiger partial charge in [0.1, 0.15) is 5.75 Å². The molecule has 0 radical (unpaired) electrons. The lowest BCUT2D eigenvalue weighted by atomic mass is 9.81. The van der Waals surface area contributed by atoms with E-state index in [-0.39, 0.29) is 5.91 Å². The summed E-state index contributed by atoms with van der Waals surface area (Å²) in [5.74, 6) is 1.39. The summed E-state index contributed by atoms with van der Waals surface area (Å²) in [6.45, 7) is 6.75. The van der Waals surface area contributed by atoms with E-state index in [4.69, 9.17) is 15.2 Å². The first-order chi connectivity index (χ1) is 11.6. The average Bonchev–Trinajstić information content (AvgIpc) is 2.64. The first-order valence-corrected chi connectivity index (χ1v) is 8.95. The van der Waals surface area contributed by atoms with Crippen LogP contribution in [0.25, 0.3) is 0 Å². The van der Waals surface area contributed by atoms with Crippen molar-refractivity contribution < 1.29 is 14.3 Å². The molecule has 1 fully saturated rings. The standard InChI is InChI=1S/C19H30N2O3/c1-3-19(4-2,14-20)18(22)21-16-5-7-17(8-6-16)24-13-15-9-11-23-12-10-15/h5-8,15H,3-4,9-14,20H2,1-2H3,(H,21,22). The third-order valence-electron chi connectivity index (χ3n) is 5.16. The van der Waals surface area contributed by atoms with Gasteiger partial charge < -0.3 is 20.5 Å². The predicted molar refractivity (Wildman–Crippen MR) is 96.2 cm³/mol. The fraction of sp³-hybridized carbons (Fsp3) is 0.632. The van der Waals surface area contributed by atoms with Crippen molar-refractivity contribution in [1.82, 2.24) is 0 Å². The minimum Gasteiger partial charge on any atom is -0.493 e. The van der Waals surface area contributed by atoms with E-state index in [1.54, 1.807) is 0 Å². The molecule has 5 heteroatoms. The van der Waals surface area contributed by atoms with Gasteiger partial charge in [-0.05, 0) is 55.9 Å². The molecule has 1 saturated heterocycles. The van der Waals surface area contributed by atoms with Gasteiger partial charge in [0.05, 0.1) is 12.0 Å². The van der Waals surface area contributed by atoms with Crippen LogP contribution >= 0.6 is 0 Å². The Morgan fingerprint density at radius 3 is 2.42 bits per heavy atom. The fourth-order valence-electron chi connectivity index (χ4n) is 2.98. The Labute approximate surface area is 144 Å². The minimum atomic E-state index is -0.488. The zero-order valence-electron chi connectivity index (χ0n) is 14.8. The summed E-state index contributed by atoms with van der Waals surface area (Å²) in [7, 11) is 0. The summed E-state index contributed by atoms with van der Waals surface area (Å²) < 4.78 is 11.2. The van der Waals surface area contributed by atoms with Crippen LogP contribution in [0.15, 0.2) is 24.3 Å². The smallest absolute Gasteiger partial charge is 0.231 e. The quantitative estimate of drug-likeness (QED) is 0.766. The van der Waals surface area contributed by atoms with E-state index >= 15 is 0 Å². The monoisotopic (exact) mass is 334 g/mol. The van der Waals surface area contributed by atoms with E-state index in [1.807, 2.05) is 38.1 Å². The molecule has 0 saturated carbocycles. The molecule has 2 rings (SSSR count). The number of carbonyl (C=O) groups excluding carboxylic acids is 1. The predicted octanol–water partition coefficient (Wildman–Crippen LogP) is 3.20. The first-order valence-electron chi connectivity index (χ1n) is 8.95. The summed E-state index contributed by atoms with van der Waals surface area (Å²) in [6.07, 6.45) is 3.59. The highest BCUT2D eigenvalue weighted by molar-refractivity contribution is 5.95. The summed E-state index contributed by atoms with van der Waals surface area (Å²) in [6, 6.07) is 7.56. The van der Waals surface area contributed by atoms with Crippen molar-refractivity contribution in [2.75, 3.05) is 31.7 Å². The lowest BCUT2D eigenvalue weighted by Crippen LogP contribution is -2.41. The zero-order chi connectivity index (χ0) is 17.4. The number of anilines is 1. The first kappa shape index (κ1) is 18.7. The Hall–Kier alpha value is -1.59. The largest absolute Gasteiger partial charge is 0.493 e. The summed E-state index contributed by atoms with van der Waals surface area (Å²) in [5.41, 5.74) is 6.12. The van der Waals surface area contributed by atoms with Crippen LogP contribution in [-0.4, -0.2) is 32.3 Å². The maximum Gasteiger partial charge on any atom is 0.231 e. The van der Waals surface area contributed by atoms with Gasteiger partial charge in [0.2, 0.25) is 5.91 Å². The number of benzene rings is 1. The van der Waals surface area contributed by atoms with Crippen LogP contribution in [0.5, 0.6) is 5.75 Å². The number of hydrogen-bond donors (Lipinski definition) is 2. The van der Waals surface area contributed by atoms with Crippen molar-refractivity contribution in [3.63, 3.8) is 0 Å². The van der Waals surface area contributed by atoms with Crippen molar-refractivity contribution in [1.29, 1.82) is 0 Å². The molecule has 134 valence electrons. The van der Waals surface area contributed by atoms with Gasteiger partial charge >= 0.3 is 0 Å². The number of rotatable bonds is 8. The van der Waals surface area contributed by atoms with Crippen LogP contribution in [-0.2, 0) is 9.53 Å². The number of nitrogens with two attached hydrogens (primary N) is 1. The van der Waals surface area contributed by atoms with E-state index in [2.05, 4.69) is 5.32 Å². The molecule has 1 amide bonds. The minimum absolute atomic E-state index is 0.00845. The maximum atomic E-state index is 12.5. The summed E-state index contributed by atoms with van der Waals surface area (Å²) in [4.78, 5) is 12.5. The van der Waals surface area contributed by atoms with E-state index in [0.717, 1.165) is 56.9 Å². The number of ether oxygens (including phenoxy) is 2. The van der Waals surface area contributed by atoms with Gasteiger partial charge in [-0.1, -0.05) is 13.8 Å². The van der Waals surface area contributed by atoms with Crippen molar-refractivity contribution in [3.05, 3.63) is 24.3 Å². The molecule has 0 aliphatic carbocycles. The van der Waals surface area contributed by atoms with E-state index < -0.39 is 5.41 Å². The van der Waals surface area contributed by atoms with Crippen molar-refractivity contribution in [2.45, 2.75) is 39.5 Å². The lowest BCUT2D eigenvalue weighted by Gasteiger charge is -2.28. The second-order valence-corrected chi connectivity index (χ2v) is 6.54. The third kappa shape index (κ3) is 4.71.